The minimum Gasteiger partial charge on any atom is -0.496 e. The highest BCUT2D eigenvalue weighted by molar-refractivity contribution is 5.76. The summed E-state index contributed by atoms with van der Waals surface area (Å²) in [6.07, 6.45) is 0. The molecule has 1 unspecified atom stereocenters. The first-order valence-corrected chi connectivity index (χ1v) is 5.55. The highest BCUT2D eigenvalue weighted by Crippen LogP contribution is 2.31. The molecule has 1 aromatic carbocycles. The smallest absolute Gasteiger partial charge is 0.325 e. The van der Waals surface area contributed by atoms with Gasteiger partial charge in [-0.3, -0.25) is 4.79 Å². The molecule has 0 aromatic heterocycles. The Kier molecular flexibility index (Phi) is 4.12. The molecule has 4 nitrogen and oxygen atoms in total. The lowest BCUT2D eigenvalue weighted by Gasteiger charge is -2.17. The zero-order valence-electron chi connectivity index (χ0n) is 10.7. The van der Waals surface area contributed by atoms with Crippen LogP contribution in [0.5, 0.6) is 5.75 Å². The van der Waals surface area contributed by atoms with Gasteiger partial charge in [-0.1, -0.05) is 13.8 Å². The van der Waals surface area contributed by atoms with Crippen LogP contribution in [0.25, 0.3) is 0 Å². The maximum Gasteiger partial charge on any atom is 0.325 e. The van der Waals surface area contributed by atoms with Gasteiger partial charge in [-0.05, 0) is 41.7 Å². The molecule has 17 heavy (non-hydrogen) atoms. The number of carbonyl (C=O) groups is 1. The van der Waals surface area contributed by atoms with Gasteiger partial charge in [0.05, 0.1) is 7.11 Å². The Morgan fingerprint density at radius 3 is 2.35 bits per heavy atom. The summed E-state index contributed by atoms with van der Waals surface area (Å²) in [5, 5.41) is 8.96. The van der Waals surface area contributed by atoms with Crippen LogP contribution in [0.15, 0.2) is 12.1 Å². The molecule has 94 valence electrons. The molecular weight excluding hydrogens is 218 g/mol. The zero-order valence-corrected chi connectivity index (χ0v) is 10.7. The molecule has 0 bridgehead atoms. The quantitative estimate of drug-likeness (QED) is 0.842. The number of hydrogen-bond donors (Lipinski definition) is 2. The van der Waals surface area contributed by atoms with Crippen molar-refractivity contribution in [1.82, 2.24) is 0 Å². The van der Waals surface area contributed by atoms with Gasteiger partial charge in [-0.2, -0.15) is 0 Å². The molecule has 0 saturated carbocycles. The number of methoxy groups -OCH3 is 1. The Labute approximate surface area is 101 Å². The van der Waals surface area contributed by atoms with E-state index in [0.29, 0.717) is 5.56 Å². The molecule has 1 rings (SSSR count). The van der Waals surface area contributed by atoms with E-state index in [1.807, 2.05) is 32.9 Å². The number of benzene rings is 1. The largest absolute Gasteiger partial charge is 0.496 e. The summed E-state index contributed by atoms with van der Waals surface area (Å²) < 4.78 is 5.29. The topological polar surface area (TPSA) is 72.5 Å². The molecule has 0 heterocycles. The number of carboxylic acids is 1. The summed E-state index contributed by atoms with van der Waals surface area (Å²) in [5.74, 6) is 0.0112. The summed E-state index contributed by atoms with van der Waals surface area (Å²) >= 11 is 0. The second-order valence-electron chi connectivity index (χ2n) is 4.42. The van der Waals surface area contributed by atoms with E-state index in [4.69, 9.17) is 15.6 Å². The highest BCUT2D eigenvalue weighted by atomic mass is 16.5. The van der Waals surface area contributed by atoms with E-state index >= 15 is 0 Å². The van der Waals surface area contributed by atoms with Crippen molar-refractivity contribution < 1.29 is 14.6 Å². The maximum absolute atomic E-state index is 10.9. The van der Waals surface area contributed by atoms with E-state index in [1.54, 1.807) is 7.11 Å². The molecule has 0 spiro atoms. The fourth-order valence-corrected chi connectivity index (χ4v) is 1.81. The molecular formula is C13H19NO3. The minimum absolute atomic E-state index is 0.255. The fraction of sp³-hybridized carbons (Fsp3) is 0.462. The Morgan fingerprint density at radius 2 is 1.94 bits per heavy atom. The Morgan fingerprint density at radius 1 is 1.35 bits per heavy atom. The number of aliphatic carboxylic acids is 1. The average molecular weight is 237 g/mol. The van der Waals surface area contributed by atoms with Crippen LogP contribution < -0.4 is 10.5 Å². The number of aryl methyl sites for hydroxylation is 1. The number of nitrogens with two attached hydrogens (primary N) is 1. The number of rotatable bonds is 4. The molecule has 0 fully saturated rings. The predicted octanol–water partition coefficient (Wildman–Crippen LogP) is 2.21. The van der Waals surface area contributed by atoms with Crippen LogP contribution in [0.1, 0.15) is 42.5 Å². The second-order valence-corrected chi connectivity index (χ2v) is 4.42. The van der Waals surface area contributed by atoms with E-state index in [0.717, 1.165) is 16.9 Å². The molecule has 4 heteroatoms. The van der Waals surface area contributed by atoms with Crippen LogP contribution in [-0.4, -0.2) is 18.2 Å². The third kappa shape index (κ3) is 2.77. The summed E-state index contributed by atoms with van der Waals surface area (Å²) in [6.45, 7) is 5.90. The number of carboxylic acid groups (broad SMARTS) is 1. The van der Waals surface area contributed by atoms with Crippen LogP contribution in [-0.2, 0) is 4.79 Å². The average Bonchev–Trinajstić information content (AvgIpc) is 2.27. The molecule has 1 aromatic rings. The lowest BCUT2D eigenvalue weighted by molar-refractivity contribution is -0.138. The Bertz CT molecular complexity index is 427. The van der Waals surface area contributed by atoms with Crippen molar-refractivity contribution in [2.24, 2.45) is 5.73 Å². The molecule has 0 radical (unpaired) electrons. The van der Waals surface area contributed by atoms with Gasteiger partial charge in [0.2, 0.25) is 0 Å². The summed E-state index contributed by atoms with van der Waals surface area (Å²) in [5.41, 5.74) is 8.11. The van der Waals surface area contributed by atoms with Gasteiger partial charge in [-0.25, -0.2) is 0 Å². The standard InChI is InChI=1S/C13H19NO3/c1-7(2)9-6-10(12(14)13(15)16)8(3)5-11(9)17-4/h5-7,12H,14H2,1-4H3,(H,15,16). The number of ether oxygens (including phenoxy) is 1. The van der Waals surface area contributed by atoms with Crippen LogP contribution >= 0.6 is 0 Å². The first-order valence-electron chi connectivity index (χ1n) is 5.55. The van der Waals surface area contributed by atoms with Gasteiger partial charge in [-0.15, -0.1) is 0 Å². The molecule has 0 amide bonds. The summed E-state index contributed by atoms with van der Waals surface area (Å²) in [6, 6.07) is 2.68. The van der Waals surface area contributed by atoms with E-state index in [2.05, 4.69) is 0 Å². The van der Waals surface area contributed by atoms with Crippen molar-refractivity contribution >= 4 is 5.97 Å². The lowest BCUT2D eigenvalue weighted by atomic mass is 9.93. The third-order valence-electron chi connectivity index (χ3n) is 2.84. The number of hydrogen-bond acceptors (Lipinski definition) is 3. The van der Waals surface area contributed by atoms with Gasteiger partial charge >= 0.3 is 5.97 Å². The molecule has 0 saturated heterocycles. The van der Waals surface area contributed by atoms with Crippen LogP contribution in [0.3, 0.4) is 0 Å². The second kappa shape index (κ2) is 5.19. The molecule has 1 atom stereocenters. The molecule has 0 aliphatic rings. The third-order valence-corrected chi connectivity index (χ3v) is 2.84. The summed E-state index contributed by atoms with van der Waals surface area (Å²) in [4.78, 5) is 10.9. The summed E-state index contributed by atoms with van der Waals surface area (Å²) in [7, 11) is 1.61. The Balaban J connectivity index is 3.34. The van der Waals surface area contributed by atoms with Crippen LogP contribution in [0.4, 0.5) is 0 Å². The van der Waals surface area contributed by atoms with Crippen molar-refractivity contribution in [2.45, 2.75) is 32.7 Å². The van der Waals surface area contributed by atoms with Gasteiger partial charge < -0.3 is 15.6 Å². The van der Waals surface area contributed by atoms with Crippen molar-refractivity contribution in [1.29, 1.82) is 0 Å². The SMILES string of the molecule is COc1cc(C)c(C(N)C(=O)O)cc1C(C)C. The normalized spacial score (nSPS) is 12.6. The Hall–Kier alpha value is -1.55. The first kappa shape index (κ1) is 13.5. The zero-order chi connectivity index (χ0) is 13.2. The van der Waals surface area contributed by atoms with Crippen molar-refractivity contribution in [3.05, 3.63) is 28.8 Å². The maximum atomic E-state index is 10.9. The molecule has 0 aliphatic heterocycles. The minimum atomic E-state index is -1.02. The van der Waals surface area contributed by atoms with Gasteiger partial charge in [0.15, 0.2) is 0 Å². The highest BCUT2D eigenvalue weighted by Gasteiger charge is 2.19. The van der Waals surface area contributed by atoms with E-state index in [1.165, 1.54) is 0 Å². The molecule has 3 N–H and O–H groups in total. The van der Waals surface area contributed by atoms with Crippen LogP contribution in [0.2, 0.25) is 0 Å². The first-order chi connectivity index (χ1) is 7.88. The van der Waals surface area contributed by atoms with E-state index in [9.17, 15) is 4.79 Å². The molecule has 0 aliphatic carbocycles. The fourth-order valence-electron chi connectivity index (χ4n) is 1.81. The van der Waals surface area contributed by atoms with E-state index < -0.39 is 12.0 Å². The van der Waals surface area contributed by atoms with Gasteiger partial charge in [0.1, 0.15) is 11.8 Å². The van der Waals surface area contributed by atoms with E-state index in [-0.39, 0.29) is 5.92 Å². The van der Waals surface area contributed by atoms with Gasteiger partial charge in [0.25, 0.3) is 0 Å². The lowest BCUT2D eigenvalue weighted by Crippen LogP contribution is -2.22. The van der Waals surface area contributed by atoms with Crippen molar-refractivity contribution in [3.8, 4) is 5.75 Å². The van der Waals surface area contributed by atoms with Crippen LogP contribution in [0, 0.1) is 6.92 Å². The monoisotopic (exact) mass is 237 g/mol. The predicted molar refractivity (Wildman–Crippen MR) is 66.4 cm³/mol. The van der Waals surface area contributed by atoms with Crippen molar-refractivity contribution in [2.75, 3.05) is 7.11 Å². The van der Waals surface area contributed by atoms with Crippen molar-refractivity contribution in [3.63, 3.8) is 0 Å². The van der Waals surface area contributed by atoms with Gasteiger partial charge in [0, 0.05) is 0 Å².